The first-order valence-electron chi connectivity index (χ1n) is 12.9. The van der Waals surface area contributed by atoms with Crippen molar-refractivity contribution < 1.29 is 32.2 Å². The van der Waals surface area contributed by atoms with Crippen LogP contribution in [0.4, 0.5) is 13.2 Å². The quantitative estimate of drug-likeness (QED) is 0.140. The maximum Gasteiger partial charge on any atom is 0.283 e. The van der Waals surface area contributed by atoms with Crippen molar-refractivity contribution in [3.63, 3.8) is 0 Å². The summed E-state index contributed by atoms with van der Waals surface area (Å²) >= 11 is 0. The largest absolute Gasteiger partial charge is 0.495 e. The number of hydrogen-bond acceptors (Lipinski definition) is 5. The summed E-state index contributed by atoms with van der Waals surface area (Å²) in [6.45, 7) is 3.45. The molecular formula is C28H35F3N3O4P. The summed E-state index contributed by atoms with van der Waals surface area (Å²) in [5, 5.41) is 8.17. The van der Waals surface area contributed by atoms with E-state index in [9.17, 15) is 22.8 Å². The molecule has 1 heterocycles. The van der Waals surface area contributed by atoms with Gasteiger partial charge in [-0.3, -0.25) is 14.3 Å². The lowest BCUT2D eigenvalue weighted by Gasteiger charge is -2.16. The Morgan fingerprint density at radius 1 is 1.15 bits per heavy atom. The minimum absolute atomic E-state index is 0.115. The smallest absolute Gasteiger partial charge is 0.283 e. The van der Waals surface area contributed by atoms with Crippen molar-refractivity contribution in [3.05, 3.63) is 59.0 Å². The van der Waals surface area contributed by atoms with Crippen LogP contribution >= 0.6 is 9.24 Å². The van der Waals surface area contributed by atoms with Crippen LogP contribution in [0.2, 0.25) is 0 Å². The molecule has 0 fully saturated rings. The summed E-state index contributed by atoms with van der Waals surface area (Å²) in [6.07, 6.45) is 5.05. The predicted molar refractivity (Wildman–Crippen MR) is 147 cm³/mol. The number of hydrogen-bond donors (Lipinski definition) is 1. The van der Waals surface area contributed by atoms with Crippen LogP contribution < -0.4 is 10.1 Å². The van der Waals surface area contributed by atoms with Gasteiger partial charge in [0.25, 0.3) is 11.6 Å². The average molecular weight is 566 g/mol. The fourth-order valence-corrected chi connectivity index (χ4v) is 4.79. The van der Waals surface area contributed by atoms with Gasteiger partial charge >= 0.3 is 0 Å². The Morgan fingerprint density at radius 2 is 1.90 bits per heavy atom. The molecule has 212 valence electrons. The zero-order chi connectivity index (χ0) is 28.6. The van der Waals surface area contributed by atoms with E-state index in [2.05, 4.69) is 17.3 Å². The van der Waals surface area contributed by atoms with Crippen LogP contribution in [0.25, 0.3) is 10.9 Å². The number of nitrogens with one attached hydrogen (secondary N) is 1. The Hall–Kier alpha value is -2.97. The molecule has 0 saturated heterocycles. The molecule has 0 bridgehead atoms. The number of ether oxygens (including phenoxy) is 2. The van der Waals surface area contributed by atoms with Crippen molar-refractivity contribution in [1.29, 1.82) is 0 Å². The Labute approximate surface area is 228 Å². The minimum atomic E-state index is -3.25. The number of carbonyl (C=O) groups is 2. The van der Waals surface area contributed by atoms with Gasteiger partial charge in [0, 0.05) is 38.4 Å². The van der Waals surface area contributed by atoms with E-state index < -0.39 is 22.8 Å². The molecule has 7 nitrogen and oxygen atoms in total. The number of halogens is 3. The highest BCUT2D eigenvalue weighted by atomic mass is 31.0. The summed E-state index contributed by atoms with van der Waals surface area (Å²) in [4.78, 5) is 25.2. The van der Waals surface area contributed by atoms with Crippen LogP contribution in [-0.2, 0) is 16.9 Å². The highest BCUT2D eigenvalue weighted by Gasteiger charge is 2.26. The maximum atomic E-state index is 14.3. The third kappa shape index (κ3) is 8.02. The van der Waals surface area contributed by atoms with Gasteiger partial charge in [-0.1, -0.05) is 28.7 Å². The molecule has 2 unspecified atom stereocenters. The SMILES string of the molecule is CCCC(CCCC(=O)c1ccc(C(F)(F)P)cc1F)Cn1cc2c(OC)c(C(=O)NCCOC)ccc2n1. The number of nitrogens with zero attached hydrogens (tertiary/aromatic N) is 2. The first kappa shape index (κ1) is 30.6. The Kier molecular flexibility index (Phi) is 10.9. The van der Waals surface area contributed by atoms with Crippen LogP contribution in [0.3, 0.4) is 0 Å². The van der Waals surface area contributed by atoms with E-state index in [-0.39, 0.29) is 23.8 Å². The van der Waals surface area contributed by atoms with Gasteiger partial charge in [-0.25, -0.2) is 4.39 Å². The fourth-order valence-electron chi connectivity index (χ4n) is 4.61. The number of fused-ring (bicyclic) bond motifs is 1. The van der Waals surface area contributed by atoms with Crippen LogP contribution in [0.1, 0.15) is 65.3 Å². The molecule has 3 aromatic rings. The number of carbonyl (C=O) groups excluding carboxylic acids is 2. The number of Topliss-reactive ketones (excluding diaryl/α,β-unsaturated/α-hetero) is 1. The highest BCUT2D eigenvalue weighted by molar-refractivity contribution is 7.17. The van der Waals surface area contributed by atoms with Crippen molar-refractivity contribution in [2.75, 3.05) is 27.4 Å². The lowest BCUT2D eigenvalue weighted by Crippen LogP contribution is -2.27. The van der Waals surface area contributed by atoms with Crippen molar-refractivity contribution in [2.45, 2.75) is 51.2 Å². The minimum Gasteiger partial charge on any atom is -0.495 e. The zero-order valence-electron chi connectivity index (χ0n) is 22.4. The number of rotatable bonds is 15. The number of methoxy groups -OCH3 is 2. The van der Waals surface area contributed by atoms with Crippen LogP contribution in [0.5, 0.6) is 5.75 Å². The molecule has 3 rings (SSSR count). The summed E-state index contributed by atoms with van der Waals surface area (Å²) in [5.74, 6) is -0.955. The number of amides is 1. The third-order valence-corrected chi connectivity index (χ3v) is 6.87. The Balaban J connectivity index is 1.66. The van der Waals surface area contributed by atoms with Gasteiger partial charge in [-0.05, 0) is 49.4 Å². The normalized spacial score (nSPS) is 12.5. The maximum absolute atomic E-state index is 14.3. The molecule has 0 saturated carbocycles. The summed E-state index contributed by atoms with van der Waals surface area (Å²) in [7, 11) is 4.44. The molecule has 0 aliphatic rings. The first-order valence-corrected chi connectivity index (χ1v) is 13.5. The molecule has 0 spiro atoms. The molecule has 11 heteroatoms. The lowest BCUT2D eigenvalue weighted by molar-refractivity contribution is 0.0932. The van der Waals surface area contributed by atoms with Gasteiger partial charge in [0.05, 0.1) is 35.7 Å². The van der Waals surface area contributed by atoms with E-state index >= 15 is 0 Å². The van der Waals surface area contributed by atoms with Crippen molar-refractivity contribution in [1.82, 2.24) is 15.1 Å². The summed E-state index contributed by atoms with van der Waals surface area (Å²) in [5.41, 5.74) is -2.82. The van der Waals surface area contributed by atoms with Gasteiger partial charge in [-0.2, -0.15) is 13.9 Å². The molecule has 1 N–H and O–H groups in total. The highest BCUT2D eigenvalue weighted by Crippen LogP contribution is 2.35. The third-order valence-electron chi connectivity index (χ3n) is 6.54. The Bertz CT molecular complexity index is 1290. The van der Waals surface area contributed by atoms with Crippen LogP contribution in [-0.4, -0.2) is 48.8 Å². The van der Waals surface area contributed by atoms with Gasteiger partial charge in [0.2, 0.25) is 0 Å². The molecule has 1 aromatic heterocycles. The molecule has 1 amide bonds. The van der Waals surface area contributed by atoms with E-state index in [0.29, 0.717) is 55.4 Å². The van der Waals surface area contributed by atoms with Gasteiger partial charge in [0.1, 0.15) is 11.6 Å². The molecule has 2 atom stereocenters. The average Bonchev–Trinajstić information content (AvgIpc) is 3.30. The molecule has 2 aromatic carbocycles. The van der Waals surface area contributed by atoms with Crippen molar-refractivity contribution in [2.24, 2.45) is 5.92 Å². The van der Waals surface area contributed by atoms with Gasteiger partial charge in [-0.15, -0.1) is 0 Å². The van der Waals surface area contributed by atoms with E-state index in [0.717, 1.165) is 30.4 Å². The second-order valence-corrected chi connectivity index (χ2v) is 10.2. The van der Waals surface area contributed by atoms with Crippen molar-refractivity contribution in [3.8, 4) is 5.75 Å². The standard InChI is InChI=1S/C28H35F3N3O4P/c1-4-6-18(7-5-8-25(35)20-10-9-19(15-23(20)29)28(30,31)39)16-34-17-22-24(33-34)12-11-21(26(22)38-3)27(36)32-13-14-37-2/h9-12,15,17-18H,4-8,13-14,16,39H2,1-3H3,(H,32,36). The van der Waals surface area contributed by atoms with E-state index in [1.54, 1.807) is 19.2 Å². The second-order valence-electron chi connectivity index (χ2n) is 9.47. The number of alkyl halides is 2. The van der Waals surface area contributed by atoms with Crippen molar-refractivity contribution >= 4 is 31.8 Å². The van der Waals surface area contributed by atoms with Crippen LogP contribution in [0.15, 0.2) is 36.5 Å². The predicted octanol–water partition coefficient (Wildman–Crippen LogP) is 5.95. The second kappa shape index (κ2) is 13.9. The monoisotopic (exact) mass is 565 g/mol. The molecule has 0 aliphatic heterocycles. The summed E-state index contributed by atoms with van der Waals surface area (Å²) < 4.78 is 53.5. The van der Waals surface area contributed by atoms with Gasteiger partial charge < -0.3 is 14.8 Å². The van der Waals surface area contributed by atoms with E-state index in [1.807, 2.05) is 10.9 Å². The number of ketones is 1. The van der Waals surface area contributed by atoms with Gasteiger partial charge in [0.15, 0.2) is 5.78 Å². The topological polar surface area (TPSA) is 82.5 Å². The Morgan fingerprint density at radius 3 is 2.54 bits per heavy atom. The number of aromatic nitrogens is 2. The van der Waals surface area contributed by atoms with E-state index in [1.165, 1.54) is 16.3 Å². The van der Waals surface area contributed by atoms with Crippen LogP contribution in [0, 0.1) is 11.7 Å². The zero-order valence-corrected chi connectivity index (χ0v) is 23.6. The molecule has 39 heavy (non-hydrogen) atoms. The molecule has 0 aliphatic carbocycles. The lowest BCUT2D eigenvalue weighted by atomic mass is 9.95. The molecule has 0 radical (unpaired) electrons. The van der Waals surface area contributed by atoms with E-state index in [4.69, 9.17) is 9.47 Å². The fraction of sp³-hybridized carbons (Fsp3) is 0.464. The molecular weight excluding hydrogens is 530 g/mol. The first-order chi connectivity index (χ1) is 18.6. The number of benzene rings is 2. The summed E-state index contributed by atoms with van der Waals surface area (Å²) in [6, 6.07) is 6.38.